The lowest BCUT2D eigenvalue weighted by Gasteiger charge is -2.22. The summed E-state index contributed by atoms with van der Waals surface area (Å²) >= 11 is 0. The van der Waals surface area contributed by atoms with E-state index >= 15 is 0 Å². The van der Waals surface area contributed by atoms with Gasteiger partial charge in [0.1, 0.15) is 0 Å². The van der Waals surface area contributed by atoms with E-state index in [1.807, 2.05) is 12.1 Å². The first-order valence-electron chi connectivity index (χ1n) is 8.86. The van der Waals surface area contributed by atoms with Crippen LogP contribution in [0.25, 0.3) is 0 Å². The van der Waals surface area contributed by atoms with E-state index in [9.17, 15) is 14.4 Å². The van der Waals surface area contributed by atoms with Gasteiger partial charge < -0.3 is 5.32 Å². The van der Waals surface area contributed by atoms with E-state index in [1.165, 1.54) is 42.6 Å². The molecule has 0 unspecified atom stereocenters. The van der Waals surface area contributed by atoms with Crippen LogP contribution in [0.4, 0.5) is 0 Å². The maximum absolute atomic E-state index is 12.2. The molecule has 0 bridgehead atoms. The minimum absolute atomic E-state index is 0.147. The highest BCUT2D eigenvalue weighted by Gasteiger charge is 2.28. The summed E-state index contributed by atoms with van der Waals surface area (Å²) in [6.45, 7) is 0.546. The van der Waals surface area contributed by atoms with Gasteiger partial charge in [-0.3, -0.25) is 19.3 Å². The molecule has 128 valence electrons. The van der Waals surface area contributed by atoms with Crippen LogP contribution in [0.5, 0.6) is 0 Å². The van der Waals surface area contributed by atoms with Crippen LogP contribution in [-0.4, -0.2) is 35.7 Å². The summed E-state index contributed by atoms with van der Waals surface area (Å²) in [5.41, 5.74) is 1.94. The van der Waals surface area contributed by atoms with Crippen LogP contribution in [0, 0.1) is 0 Å². The SMILES string of the molecule is O=C(NCCN1C(=O)CCC1=O)c1ccc(C2CCCCC2)cc1. The predicted octanol–water partition coefficient (Wildman–Crippen LogP) is 2.61. The first-order valence-corrected chi connectivity index (χ1v) is 8.86. The van der Waals surface area contributed by atoms with Crippen molar-refractivity contribution in [3.63, 3.8) is 0 Å². The van der Waals surface area contributed by atoms with Crippen molar-refractivity contribution in [2.24, 2.45) is 0 Å². The summed E-state index contributed by atoms with van der Waals surface area (Å²) in [6, 6.07) is 7.84. The van der Waals surface area contributed by atoms with Gasteiger partial charge in [0.2, 0.25) is 11.8 Å². The molecule has 0 radical (unpaired) electrons. The molecule has 24 heavy (non-hydrogen) atoms. The molecule has 1 aromatic rings. The minimum Gasteiger partial charge on any atom is -0.350 e. The molecule has 1 saturated carbocycles. The fourth-order valence-electron chi connectivity index (χ4n) is 3.60. The zero-order valence-electron chi connectivity index (χ0n) is 13.9. The van der Waals surface area contributed by atoms with E-state index in [0.717, 1.165) is 0 Å². The fraction of sp³-hybridized carbons (Fsp3) is 0.526. The first kappa shape index (κ1) is 16.7. The Labute approximate surface area is 142 Å². The van der Waals surface area contributed by atoms with E-state index < -0.39 is 0 Å². The van der Waals surface area contributed by atoms with Gasteiger partial charge in [0, 0.05) is 31.5 Å². The van der Waals surface area contributed by atoms with Gasteiger partial charge in [-0.15, -0.1) is 0 Å². The summed E-state index contributed by atoms with van der Waals surface area (Å²) in [6.07, 6.45) is 6.97. The van der Waals surface area contributed by atoms with E-state index in [2.05, 4.69) is 17.4 Å². The minimum atomic E-state index is -0.163. The first-order chi connectivity index (χ1) is 11.6. The maximum Gasteiger partial charge on any atom is 0.251 e. The van der Waals surface area contributed by atoms with Crippen LogP contribution < -0.4 is 5.32 Å². The highest BCUT2D eigenvalue weighted by atomic mass is 16.2. The van der Waals surface area contributed by atoms with E-state index in [0.29, 0.717) is 18.0 Å². The van der Waals surface area contributed by atoms with Gasteiger partial charge in [0.05, 0.1) is 0 Å². The van der Waals surface area contributed by atoms with Gasteiger partial charge in [0.15, 0.2) is 0 Å². The number of carbonyl (C=O) groups excluding carboxylic acids is 3. The van der Waals surface area contributed by atoms with E-state index in [1.54, 1.807) is 0 Å². The van der Waals surface area contributed by atoms with Crippen LogP contribution in [-0.2, 0) is 9.59 Å². The molecule has 2 fully saturated rings. The Kier molecular flexibility index (Phi) is 5.28. The second kappa shape index (κ2) is 7.60. The van der Waals surface area contributed by atoms with Crippen LogP contribution in [0.2, 0.25) is 0 Å². The zero-order chi connectivity index (χ0) is 16.9. The second-order valence-electron chi connectivity index (χ2n) is 6.65. The third-order valence-corrected chi connectivity index (χ3v) is 5.03. The van der Waals surface area contributed by atoms with E-state index in [-0.39, 0.29) is 37.1 Å². The lowest BCUT2D eigenvalue weighted by atomic mass is 9.84. The van der Waals surface area contributed by atoms with Gasteiger partial charge in [-0.05, 0) is 36.5 Å². The third-order valence-electron chi connectivity index (χ3n) is 5.03. The Bertz CT molecular complexity index is 602. The number of hydrogen-bond acceptors (Lipinski definition) is 3. The van der Waals surface area contributed by atoms with Crippen molar-refractivity contribution >= 4 is 17.7 Å². The second-order valence-corrected chi connectivity index (χ2v) is 6.65. The normalized spacial score (nSPS) is 18.9. The number of nitrogens with zero attached hydrogens (tertiary/aromatic N) is 1. The number of imide groups is 1. The van der Waals surface area contributed by atoms with Crippen molar-refractivity contribution in [1.82, 2.24) is 10.2 Å². The summed E-state index contributed by atoms with van der Waals surface area (Å²) in [5.74, 6) is 0.171. The number of benzene rings is 1. The molecule has 5 nitrogen and oxygen atoms in total. The quantitative estimate of drug-likeness (QED) is 0.845. The largest absolute Gasteiger partial charge is 0.350 e. The number of carbonyl (C=O) groups is 3. The number of likely N-dealkylation sites (tertiary alicyclic amines) is 1. The van der Waals surface area contributed by atoms with Crippen molar-refractivity contribution in [2.75, 3.05) is 13.1 Å². The van der Waals surface area contributed by atoms with Crippen molar-refractivity contribution in [1.29, 1.82) is 0 Å². The fourth-order valence-corrected chi connectivity index (χ4v) is 3.60. The zero-order valence-corrected chi connectivity index (χ0v) is 13.9. The van der Waals surface area contributed by atoms with Crippen LogP contribution in [0.3, 0.4) is 0 Å². The molecule has 3 rings (SSSR count). The molecular formula is C19H24N2O3. The number of hydrogen-bond donors (Lipinski definition) is 1. The Morgan fingerprint density at radius 1 is 1.00 bits per heavy atom. The van der Waals surface area contributed by atoms with Gasteiger partial charge in [-0.25, -0.2) is 0 Å². The molecule has 0 spiro atoms. The lowest BCUT2D eigenvalue weighted by Crippen LogP contribution is -2.37. The van der Waals surface area contributed by atoms with E-state index in [4.69, 9.17) is 0 Å². The van der Waals surface area contributed by atoms with Crippen LogP contribution in [0.15, 0.2) is 24.3 Å². The molecule has 0 aromatic heterocycles. The van der Waals surface area contributed by atoms with Crippen molar-refractivity contribution < 1.29 is 14.4 Å². The molecule has 3 amide bonds. The topological polar surface area (TPSA) is 66.5 Å². The molecule has 1 N–H and O–H groups in total. The third kappa shape index (κ3) is 3.83. The summed E-state index contributed by atoms with van der Waals surface area (Å²) in [7, 11) is 0. The maximum atomic E-state index is 12.2. The van der Waals surface area contributed by atoms with Crippen molar-refractivity contribution in [3.8, 4) is 0 Å². The smallest absolute Gasteiger partial charge is 0.251 e. The van der Waals surface area contributed by atoms with Gasteiger partial charge in [0.25, 0.3) is 5.91 Å². The highest BCUT2D eigenvalue weighted by Crippen LogP contribution is 2.32. The molecule has 5 heteroatoms. The Morgan fingerprint density at radius 3 is 2.25 bits per heavy atom. The molecule has 1 aromatic carbocycles. The van der Waals surface area contributed by atoms with Crippen molar-refractivity contribution in [3.05, 3.63) is 35.4 Å². The summed E-state index contributed by atoms with van der Waals surface area (Å²) < 4.78 is 0. The summed E-state index contributed by atoms with van der Waals surface area (Å²) in [5, 5.41) is 2.78. The predicted molar refractivity (Wildman–Crippen MR) is 90.6 cm³/mol. The standard InChI is InChI=1S/C19H24N2O3/c22-17-10-11-18(23)21(17)13-12-20-19(24)16-8-6-15(7-9-16)14-4-2-1-3-5-14/h6-9,14H,1-5,10-13H2,(H,20,24). The Hall–Kier alpha value is -2.17. The molecule has 1 heterocycles. The van der Waals surface area contributed by atoms with Crippen molar-refractivity contribution in [2.45, 2.75) is 50.9 Å². The molecule has 0 atom stereocenters. The molecular weight excluding hydrogens is 304 g/mol. The summed E-state index contributed by atoms with van der Waals surface area (Å²) in [4.78, 5) is 36.4. The molecule has 1 saturated heterocycles. The molecule has 1 aliphatic carbocycles. The monoisotopic (exact) mass is 328 g/mol. The average molecular weight is 328 g/mol. The van der Waals surface area contributed by atoms with Crippen LogP contribution in [0.1, 0.15) is 66.8 Å². The Morgan fingerprint density at radius 2 is 1.62 bits per heavy atom. The van der Waals surface area contributed by atoms with Gasteiger partial charge in [-0.1, -0.05) is 31.4 Å². The Balaban J connectivity index is 1.49. The molecule has 1 aliphatic heterocycles. The van der Waals surface area contributed by atoms with Gasteiger partial charge >= 0.3 is 0 Å². The number of amides is 3. The number of nitrogens with one attached hydrogen (secondary N) is 1. The average Bonchev–Trinajstić information content (AvgIpc) is 2.94. The highest BCUT2D eigenvalue weighted by molar-refractivity contribution is 6.02. The molecule has 2 aliphatic rings. The van der Waals surface area contributed by atoms with Crippen LogP contribution >= 0.6 is 0 Å². The van der Waals surface area contributed by atoms with Gasteiger partial charge in [-0.2, -0.15) is 0 Å². The number of rotatable bonds is 5. The lowest BCUT2D eigenvalue weighted by molar-refractivity contribution is -0.138.